The molecule has 1 aliphatic rings. The van der Waals surface area contributed by atoms with Crippen molar-refractivity contribution in [1.29, 1.82) is 0 Å². The van der Waals surface area contributed by atoms with Crippen LogP contribution >= 0.6 is 12.2 Å². The standard InChI is InChI=1S/C7H13NOS/c1-7(2)4-3-6(5-10)8(7)9/h5-6,9H,3-4H2,1-2H3. The predicted molar refractivity (Wildman–Crippen MR) is 44.4 cm³/mol. The van der Waals surface area contributed by atoms with Crippen LogP contribution in [0.15, 0.2) is 0 Å². The van der Waals surface area contributed by atoms with Crippen LogP contribution in [0.25, 0.3) is 0 Å². The van der Waals surface area contributed by atoms with Gasteiger partial charge in [-0.3, -0.25) is 0 Å². The fraction of sp³-hybridized carbons (Fsp3) is 0.857. The third-order valence-corrected chi connectivity index (χ3v) is 2.46. The van der Waals surface area contributed by atoms with Gasteiger partial charge in [0.25, 0.3) is 0 Å². The monoisotopic (exact) mass is 159 g/mol. The number of thiocarbonyl (C=S) groups is 1. The van der Waals surface area contributed by atoms with Crippen molar-refractivity contribution in [1.82, 2.24) is 5.06 Å². The van der Waals surface area contributed by atoms with Gasteiger partial charge in [0.2, 0.25) is 0 Å². The van der Waals surface area contributed by atoms with Crippen molar-refractivity contribution in [3.05, 3.63) is 0 Å². The smallest absolute Gasteiger partial charge is 0.0639 e. The normalized spacial score (nSPS) is 32.5. The highest BCUT2D eigenvalue weighted by Crippen LogP contribution is 2.30. The van der Waals surface area contributed by atoms with Crippen LogP contribution in [0.2, 0.25) is 0 Å². The van der Waals surface area contributed by atoms with E-state index in [4.69, 9.17) is 12.2 Å². The number of hydrogen-bond acceptors (Lipinski definition) is 3. The van der Waals surface area contributed by atoms with Gasteiger partial charge in [0.1, 0.15) is 0 Å². The molecule has 0 spiro atoms. The van der Waals surface area contributed by atoms with Gasteiger partial charge in [-0.05, 0) is 32.1 Å². The first-order valence-corrected chi connectivity index (χ1v) is 3.98. The Kier molecular flexibility index (Phi) is 2.08. The molecule has 0 saturated carbocycles. The van der Waals surface area contributed by atoms with E-state index in [9.17, 15) is 5.21 Å². The van der Waals surface area contributed by atoms with Crippen molar-refractivity contribution in [3.63, 3.8) is 0 Å². The Balaban J connectivity index is 2.66. The first-order valence-electron chi connectivity index (χ1n) is 3.51. The van der Waals surface area contributed by atoms with Gasteiger partial charge < -0.3 is 5.21 Å². The molecule has 0 aromatic rings. The van der Waals surface area contributed by atoms with E-state index in [2.05, 4.69) is 0 Å². The van der Waals surface area contributed by atoms with E-state index < -0.39 is 0 Å². The van der Waals surface area contributed by atoms with Crippen LogP contribution in [0, 0.1) is 0 Å². The van der Waals surface area contributed by atoms with Gasteiger partial charge in [-0.25, -0.2) is 0 Å². The molecule has 0 bridgehead atoms. The molecule has 10 heavy (non-hydrogen) atoms. The molecule has 3 heteroatoms. The molecule has 1 unspecified atom stereocenters. The lowest BCUT2D eigenvalue weighted by Crippen LogP contribution is -2.40. The molecule has 1 heterocycles. The van der Waals surface area contributed by atoms with Crippen molar-refractivity contribution >= 4 is 17.6 Å². The Morgan fingerprint density at radius 2 is 2.30 bits per heavy atom. The zero-order chi connectivity index (χ0) is 7.78. The summed E-state index contributed by atoms with van der Waals surface area (Å²) in [5.74, 6) is 0. The lowest BCUT2D eigenvalue weighted by Gasteiger charge is -2.27. The van der Waals surface area contributed by atoms with Crippen molar-refractivity contribution in [2.24, 2.45) is 0 Å². The summed E-state index contributed by atoms with van der Waals surface area (Å²) in [6.07, 6.45) is 1.99. The van der Waals surface area contributed by atoms with E-state index in [1.165, 1.54) is 5.06 Å². The summed E-state index contributed by atoms with van der Waals surface area (Å²) in [4.78, 5) is 0. The Morgan fingerprint density at radius 3 is 2.50 bits per heavy atom. The average molecular weight is 159 g/mol. The molecule has 1 N–H and O–H groups in total. The molecule has 1 fully saturated rings. The summed E-state index contributed by atoms with van der Waals surface area (Å²) in [7, 11) is 0. The predicted octanol–water partition coefficient (Wildman–Crippen LogP) is 1.62. The van der Waals surface area contributed by atoms with E-state index in [1.807, 2.05) is 13.8 Å². The minimum Gasteiger partial charge on any atom is -0.313 e. The minimum absolute atomic E-state index is 0.0834. The molecule has 58 valence electrons. The van der Waals surface area contributed by atoms with Crippen molar-refractivity contribution in [2.75, 3.05) is 0 Å². The van der Waals surface area contributed by atoms with E-state index in [1.54, 1.807) is 5.37 Å². The largest absolute Gasteiger partial charge is 0.313 e. The van der Waals surface area contributed by atoms with Crippen LogP contribution < -0.4 is 0 Å². The maximum atomic E-state index is 9.45. The van der Waals surface area contributed by atoms with Gasteiger partial charge in [-0.15, -0.1) is 0 Å². The molecular weight excluding hydrogens is 146 g/mol. The van der Waals surface area contributed by atoms with Crippen LogP contribution in [0.3, 0.4) is 0 Å². The molecule has 1 rings (SSSR count). The SMILES string of the molecule is CC1(C)CCC(C=S)N1O. The fourth-order valence-electron chi connectivity index (χ4n) is 1.31. The molecule has 0 radical (unpaired) electrons. The van der Waals surface area contributed by atoms with Gasteiger partial charge in [0.15, 0.2) is 0 Å². The topological polar surface area (TPSA) is 23.5 Å². The number of rotatable bonds is 1. The lowest BCUT2D eigenvalue weighted by molar-refractivity contribution is -0.147. The molecule has 0 aromatic carbocycles. The zero-order valence-corrected chi connectivity index (χ0v) is 7.19. The Hall–Kier alpha value is 0.0100. The first-order chi connectivity index (χ1) is 4.58. The summed E-state index contributed by atoms with van der Waals surface area (Å²) in [6, 6.07) is 0.0880. The van der Waals surface area contributed by atoms with Gasteiger partial charge >= 0.3 is 0 Å². The van der Waals surface area contributed by atoms with E-state index in [-0.39, 0.29) is 11.6 Å². The highest BCUT2D eigenvalue weighted by Gasteiger charge is 2.37. The van der Waals surface area contributed by atoms with E-state index >= 15 is 0 Å². The minimum atomic E-state index is -0.0834. The lowest BCUT2D eigenvalue weighted by atomic mass is 10.0. The van der Waals surface area contributed by atoms with Crippen molar-refractivity contribution in [2.45, 2.75) is 38.3 Å². The summed E-state index contributed by atoms with van der Waals surface area (Å²) >= 11 is 4.76. The summed E-state index contributed by atoms with van der Waals surface area (Å²) in [6.45, 7) is 4.04. The molecule has 2 nitrogen and oxygen atoms in total. The fourth-order valence-corrected chi connectivity index (χ4v) is 1.56. The van der Waals surface area contributed by atoms with Crippen LogP contribution in [-0.4, -0.2) is 27.2 Å². The second-order valence-corrected chi connectivity index (χ2v) is 3.67. The third kappa shape index (κ3) is 1.21. The maximum Gasteiger partial charge on any atom is 0.0639 e. The summed E-state index contributed by atoms with van der Waals surface area (Å²) < 4.78 is 0. The summed E-state index contributed by atoms with van der Waals surface area (Å²) in [5.41, 5.74) is -0.0834. The van der Waals surface area contributed by atoms with Gasteiger partial charge in [-0.2, -0.15) is 5.06 Å². The first kappa shape index (κ1) is 8.11. The third-order valence-electron chi connectivity index (χ3n) is 2.14. The van der Waals surface area contributed by atoms with Gasteiger partial charge in [-0.1, -0.05) is 12.2 Å². The molecule has 0 aliphatic carbocycles. The Bertz CT molecular complexity index is 147. The van der Waals surface area contributed by atoms with E-state index in [0.29, 0.717) is 0 Å². The Labute approximate surface area is 66.8 Å². The van der Waals surface area contributed by atoms with Crippen LogP contribution in [0.5, 0.6) is 0 Å². The number of nitrogens with zero attached hydrogens (tertiary/aromatic N) is 1. The summed E-state index contributed by atoms with van der Waals surface area (Å²) in [5, 5.41) is 12.4. The highest BCUT2D eigenvalue weighted by molar-refractivity contribution is 7.79. The van der Waals surface area contributed by atoms with Crippen LogP contribution in [-0.2, 0) is 0 Å². The molecule has 1 aliphatic heterocycles. The molecule has 1 saturated heterocycles. The average Bonchev–Trinajstić information content (AvgIpc) is 2.10. The van der Waals surface area contributed by atoms with Gasteiger partial charge in [0.05, 0.1) is 6.04 Å². The Morgan fingerprint density at radius 1 is 1.70 bits per heavy atom. The van der Waals surface area contributed by atoms with Crippen LogP contribution in [0.4, 0.5) is 0 Å². The quantitative estimate of drug-likeness (QED) is 0.588. The number of hydrogen-bond donors (Lipinski definition) is 1. The molecule has 1 atom stereocenters. The second kappa shape index (κ2) is 2.57. The molecule has 0 aromatic heterocycles. The highest BCUT2D eigenvalue weighted by atomic mass is 32.1. The van der Waals surface area contributed by atoms with Crippen molar-refractivity contribution in [3.8, 4) is 0 Å². The van der Waals surface area contributed by atoms with Crippen molar-refractivity contribution < 1.29 is 5.21 Å². The number of hydroxylamine groups is 2. The zero-order valence-electron chi connectivity index (χ0n) is 6.37. The molecule has 0 amide bonds. The van der Waals surface area contributed by atoms with Gasteiger partial charge in [0, 0.05) is 5.54 Å². The van der Waals surface area contributed by atoms with E-state index in [0.717, 1.165) is 12.8 Å². The van der Waals surface area contributed by atoms with Crippen LogP contribution in [0.1, 0.15) is 26.7 Å². The molecular formula is C7H13NOS. The maximum absolute atomic E-state index is 9.45. The second-order valence-electron chi connectivity index (χ2n) is 3.40.